The minimum Gasteiger partial charge on any atom is -0.447 e. The Morgan fingerprint density at radius 1 is 1.18 bits per heavy atom. The highest BCUT2D eigenvalue weighted by molar-refractivity contribution is 6.30. The molecule has 0 spiro atoms. The van der Waals surface area contributed by atoms with Crippen LogP contribution in [0.1, 0.15) is 0 Å². The quantitative estimate of drug-likeness (QED) is 0.475. The average molecular weight is 251 g/mol. The van der Waals surface area contributed by atoms with Gasteiger partial charge in [0.05, 0.1) is 4.92 Å². The fraction of sp³-hybridized carbons (Fsp3) is 0. The van der Waals surface area contributed by atoms with Crippen molar-refractivity contribution in [1.82, 2.24) is 4.98 Å². The first-order chi connectivity index (χ1) is 8.18. The number of rotatable bonds is 3. The molecule has 0 aliphatic heterocycles. The van der Waals surface area contributed by atoms with Crippen LogP contribution in [0.3, 0.4) is 0 Å². The van der Waals surface area contributed by atoms with E-state index in [-0.39, 0.29) is 22.3 Å². The lowest BCUT2D eigenvalue weighted by Crippen LogP contribution is -1.93. The molecule has 5 nitrogen and oxygen atoms in total. The van der Waals surface area contributed by atoms with Crippen molar-refractivity contribution in [2.45, 2.75) is 0 Å². The molecule has 0 unspecified atom stereocenters. The van der Waals surface area contributed by atoms with Gasteiger partial charge in [-0.15, -0.1) is 0 Å². The van der Waals surface area contributed by atoms with E-state index in [2.05, 4.69) is 4.98 Å². The maximum absolute atomic E-state index is 10.8. The van der Waals surface area contributed by atoms with Gasteiger partial charge in [-0.3, -0.25) is 10.1 Å². The Balaban J connectivity index is 2.37. The fourth-order valence-corrected chi connectivity index (χ4v) is 1.42. The second-order valence-corrected chi connectivity index (χ2v) is 3.48. The third kappa shape index (κ3) is 2.51. The van der Waals surface area contributed by atoms with E-state index in [1.54, 1.807) is 24.3 Å². The van der Waals surface area contributed by atoms with Gasteiger partial charge < -0.3 is 4.74 Å². The molecule has 2 aromatic rings. The summed E-state index contributed by atoms with van der Waals surface area (Å²) in [6.07, 6.45) is 1.51. The molecular formula is C11H7ClN2O3. The fourth-order valence-electron chi connectivity index (χ4n) is 1.26. The standard InChI is InChI=1S/C11H7ClN2O3/c12-11-10(6-3-7-13-11)17-9-5-2-1-4-8(9)14(15)16/h1-7H. The molecule has 0 aliphatic carbocycles. The van der Waals surface area contributed by atoms with Crippen LogP contribution in [-0.4, -0.2) is 9.91 Å². The number of para-hydroxylation sites is 2. The minimum atomic E-state index is -0.514. The number of ether oxygens (including phenoxy) is 1. The molecule has 0 bridgehead atoms. The lowest BCUT2D eigenvalue weighted by atomic mass is 10.3. The van der Waals surface area contributed by atoms with Crippen LogP contribution in [0.4, 0.5) is 5.69 Å². The molecule has 0 N–H and O–H groups in total. The molecule has 1 aromatic carbocycles. The third-order valence-electron chi connectivity index (χ3n) is 2.01. The molecule has 1 aromatic heterocycles. The van der Waals surface area contributed by atoms with Gasteiger partial charge in [0, 0.05) is 12.3 Å². The number of aromatic nitrogens is 1. The first-order valence-electron chi connectivity index (χ1n) is 4.70. The number of benzene rings is 1. The first-order valence-corrected chi connectivity index (χ1v) is 5.08. The highest BCUT2D eigenvalue weighted by Gasteiger charge is 2.15. The zero-order valence-corrected chi connectivity index (χ0v) is 9.29. The van der Waals surface area contributed by atoms with Gasteiger partial charge in [-0.25, -0.2) is 4.98 Å². The Morgan fingerprint density at radius 3 is 2.59 bits per heavy atom. The van der Waals surface area contributed by atoms with Crippen LogP contribution in [0.15, 0.2) is 42.6 Å². The van der Waals surface area contributed by atoms with Gasteiger partial charge in [0.25, 0.3) is 0 Å². The number of hydrogen-bond acceptors (Lipinski definition) is 4. The number of nitro benzene ring substituents is 1. The monoisotopic (exact) mass is 250 g/mol. The number of nitrogens with zero attached hydrogens (tertiary/aromatic N) is 2. The van der Waals surface area contributed by atoms with Crippen molar-refractivity contribution >= 4 is 17.3 Å². The number of hydrogen-bond donors (Lipinski definition) is 0. The molecule has 0 aliphatic rings. The highest BCUT2D eigenvalue weighted by atomic mass is 35.5. The van der Waals surface area contributed by atoms with Crippen molar-refractivity contribution in [2.75, 3.05) is 0 Å². The van der Waals surface area contributed by atoms with Crippen LogP contribution in [-0.2, 0) is 0 Å². The molecule has 6 heteroatoms. The summed E-state index contributed by atoms with van der Waals surface area (Å²) in [6, 6.07) is 9.30. The van der Waals surface area contributed by atoms with E-state index in [0.717, 1.165) is 0 Å². The normalized spacial score (nSPS) is 9.94. The largest absolute Gasteiger partial charge is 0.447 e. The van der Waals surface area contributed by atoms with Crippen LogP contribution in [0, 0.1) is 10.1 Å². The third-order valence-corrected chi connectivity index (χ3v) is 2.29. The van der Waals surface area contributed by atoms with E-state index in [1.165, 1.54) is 18.3 Å². The molecule has 86 valence electrons. The topological polar surface area (TPSA) is 65.3 Å². The first kappa shape index (κ1) is 11.3. The summed E-state index contributed by atoms with van der Waals surface area (Å²) in [5, 5.41) is 10.9. The van der Waals surface area contributed by atoms with Crippen molar-refractivity contribution in [1.29, 1.82) is 0 Å². The molecular weight excluding hydrogens is 244 g/mol. The Labute approximate surface area is 102 Å². The second-order valence-electron chi connectivity index (χ2n) is 3.12. The summed E-state index contributed by atoms with van der Waals surface area (Å²) in [5.74, 6) is 0.413. The maximum Gasteiger partial charge on any atom is 0.311 e. The lowest BCUT2D eigenvalue weighted by Gasteiger charge is -2.06. The predicted octanol–water partition coefficient (Wildman–Crippen LogP) is 3.44. The molecule has 0 saturated carbocycles. The van der Waals surface area contributed by atoms with Crippen LogP contribution in [0.25, 0.3) is 0 Å². The molecule has 0 fully saturated rings. The molecule has 0 atom stereocenters. The van der Waals surface area contributed by atoms with Crippen molar-refractivity contribution < 1.29 is 9.66 Å². The zero-order chi connectivity index (χ0) is 12.3. The number of nitro groups is 1. The number of halogens is 1. The number of pyridine rings is 1. The van der Waals surface area contributed by atoms with Gasteiger partial charge in [0.15, 0.2) is 10.9 Å². The van der Waals surface area contributed by atoms with Crippen LogP contribution >= 0.6 is 11.6 Å². The smallest absolute Gasteiger partial charge is 0.311 e. The highest BCUT2D eigenvalue weighted by Crippen LogP contribution is 2.33. The molecule has 0 radical (unpaired) electrons. The SMILES string of the molecule is O=[N+]([O-])c1ccccc1Oc1cccnc1Cl. The minimum absolute atomic E-state index is 0.118. The van der Waals surface area contributed by atoms with Gasteiger partial charge in [0.2, 0.25) is 5.75 Å². The Morgan fingerprint density at radius 2 is 1.88 bits per heavy atom. The van der Waals surface area contributed by atoms with Crippen molar-refractivity contribution in [3.8, 4) is 11.5 Å². The Kier molecular flexibility index (Phi) is 3.20. The van der Waals surface area contributed by atoms with E-state index in [9.17, 15) is 10.1 Å². The zero-order valence-electron chi connectivity index (χ0n) is 8.54. The summed E-state index contributed by atoms with van der Waals surface area (Å²) >= 11 is 5.80. The summed E-state index contributed by atoms with van der Waals surface area (Å²) in [4.78, 5) is 14.1. The molecule has 0 saturated heterocycles. The Bertz CT molecular complexity index is 560. The lowest BCUT2D eigenvalue weighted by molar-refractivity contribution is -0.385. The molecule has 1 heterocycles. The van der Waals surface area contributed by atoms with E-state index >= 15 is 0 Å². The van der Waals surface area contributed by atoms with E-state index in [4.69, 9.17) is 16.3 Å². The predicted molar refractivity (Wildman–Crippen MR) is 62.4 cm³/mol. The second kappa shape index (κ2) is 4.80. The maximum atomic E-state index is 10.8. The van der Waals surface area contributed by atoms with E-state index in [0.29, 0.717) is 0 Å². The molecule has 17 heavy (non-hydrogen) atoms. The Hall–Kier alpha value is -2.14. The van der Waals surface area contributed by atoms with Gasteiger partial charge in [-0.2, -0.15) is 0 Å². The summed E-state index contributed by atoms with van der Waals surface area (Å²) < 4.78 is 5.37. The van der Waals surface area contributed by atoms with Gasteiger partial charge in [-0.1, -0.05) is 23.7 Å². The molecule has 0 amide bonds. The van der Waals surface area contributed by atoms with Crippen LogP contribution in [0.2, 0.25) is 5.15 Å². The molecule has 2 rings (SSSR count). The summed E-state index contributed by atoms with van der Waals surface area (Å²) in [7, 11) is 0. The van der Waals surface area contributed by atoms with Crippen molar-refractivity contribution in [3.63, 3.8) is 0 Å². The summed E-state index contributed by atoms with van der Waals surface area (Å²) in [5.41, 5.74) is -0.118. The average Bonchev–Trinajstić information content (AvgIpc) is 2.32. The van der Waals surface area contributed by atoms with E-state index in [1.807, 2.05) is 0 Å². The van der Waals surface area contributed by atoms with Crippen molar-refractivity contribution in [3.05, 3.63) is 57.9 Å². The van der Waals surface area contributed by atoms with Gasteiger partial charge in [0.1, 0.15) is 0 Å². The van der Waals surface area contributed by atoms with E-state index < -0.39 is 4.92 Å². The van der Waals surface area contributed by atoms with Crippen molar-refractivity contribution in [2.24, 2.45) is 0 Å². The summed E-state index contributed by atoms with van der Waals surface area (Å²) in [6.45, 7) is 0. The van der Waals surface area contributed by atoms with Gasteiger partial charge in [-0.05, 0) is 18.2 Å². The van der Waals surface area contributed by atoms with Gasteiger partial charge >= 0.3 is 5.69 Å². The van der Waals surface area contributed by atoms with Crippen LogP contribution in [0.5, 0.6) is 11.5 Å². The van der Waals surface area contributed by atoms with Crippen LogP contribution < -0.4 is 4.74 Å².